The first-order chi connectivity index (χ1) is 7.63. The summed E-state index contributed by atoms with van der Waals surface area (Å²) < 4.78 is 0. The van der Waals surface area contributed by atoms with Crippen molar-refractivity contribution in [3.05, 3.63) is 23.8 Å². The molecule has 2 aliphatic carbocycles. The van der Waals surface area contributed by atoms with Crippen LogP contribution in [0.25, 0.3) is 0 Å². The summed E-state index contributed by atoms with van der Waals surface area (Å²) in [4.78, 5) is 0. The Kier molecular flexibility index (Phi) is 3.53. The van der Waals surface area contributed by atoms with Crippen molar-refractivity contribution in [3.8, 4) is 0 Å². The molecule has 0 aromatic heterocycles. The highest BCUT2D eigenvalue weighted by atomic mass is 16.3. The van der Waals surface area contributed by atoms with Crippen LogP contribution in [0.15, 0.2) is 23.8 Å². The van der Waals surface area contributed by atoms with Gasteiger partial charge in [-0.3, -0.25) is 0 Å². The SMILES string of the molecule is C=C1CCC(C(C)CO)C2C=C(C)CCC12. The second kappa shape index (κ2) is 4.75. The van der Waals surface area contributed by atoms with Crippen molar-refractivity contribution >= 4 is 0 Å². The maximum Gasteiger partial charge on any atom is 0.0459 e. The molecule has 1 heteroatoms. The van der Waals surface area contributed by atoms with Gasteiger partial charge in [-0.25, -0.2) is 0 Å². The molecule has 0 aromatic rings. The van der Waals surface area contributed by atoms with E-state index in [1.807, 2.05) is 0 Å². The summed E-state index contributed by atoms with van der Waals surface area (Å²) in [5.74, 6) is 2.44. The molecule has 0 radical (unpaired) electrons. The number of aliphatic hydroxyl groups excluding tert-OH is 1. The van der Waals surface area contributed by atoms with Crippen molar-refractivity contribution in [1.29, 1.82) is 0 Å². The van der Waals surface area contributed by atoms with E-state index in [0.717, 1.165) is 0 Å². The fraction of sp³-hybridized carbons (Fsp3) is 0.733. The summed E-state index contributed by atoms with van der Waals surface area (Å²) in [5, 5.41) is 9.37. The summed E-state index contributed by atoms with van der Waals surface area (Å²) in [6, 6.07) is 0. The highest BCUT2D eigenvalue weighted by Crippen LogP contribution is 2.47. The Morgan fingerprint density at radius 3 is 2.88 bits per heavy atom. The summed E-state index contributed by atoms with van der Waals surface area (Å²) in [6.07, 6.45) is 7.37. The molecule has 4 unspecified atom stereocenters. The summed E-state index contributed by atoms with van der Waals surface area (Å²) >= 11 is 0. The van der Waals surface area contributed by atoms with Crippen LogP contribution in [0.1, 0.15) is 39.5 Å². The second-order valence-corrected chi connectivity index (χ2v) is 5.76. The zero-order chi connectivity index (χ0) is 11.7. The van der Waals surface area contributed by atoms with Gasteiger partial charge in [-0.05, 0) is 56.3 Å². The van der Waals surface area contributed by atoms with Crippen LogP contribution in [0.5, 0.6) is 0 Å². The molecule has 16 heavy (non-hydrogen) atoms. The maximum absolute atomic E-state index is 9.37. The lowest BCUT2D eigenvalue weighted by molar-refractivity contribution is 0.115. The summed E-state index contributed by atoms with van der Waals surface area (Å²) in [6.45, 7) is 9.01. The van der Waals surface area contributed by atoms with Crippen molar-refractivity contribution in [1.82, 2.24) is 0 Å². The Morgan fingerprint density at radius 2 is 2.19 bits per heavy atom. The Hall–Kier alpha value is -0.560. The van der Waals surface area contributed by atoms with E-state index in [-0.39, 0.29) is 0 Å². The fourth-order valence-corrected chi connectivity index (χ4v) is 3.53. The molecule has 4 atom stereocenters. The van der Waals surface area contributed by atoms with E-state index in [1.54, 1.807) is 0 Å². The van der Waals surface area contributed by atoms with Gasteiger partial charge in [0.05, 0.1) is 0 Å². The summed E-state index contributed by atoms with van der Waals surface area (Å²) in [5.41, 5.74) is 2.99. The topological polar surface area (TPSA) is 20.2 Å². The minimum atomic E-state index is 0.327. The smallest absolute Gasteiger partial charge is 0.0459 e. The molecule has 0 heterocycles. The molecule has 2 rings (SSSR count). The van der Waals surface area contributed by atoms with E-state index in [0.29, 0.717) is 30.3 Å². The predicted octanol–water partition coefficient (Wildman–Crippen LogP) is 3.55. The predicted molar refractivity (Wildman–Crippen MR) is 68.1 cm³/mol. The first kappa shape index (κ1) is 11.9. The lowest BCUT2D eigenvalue weighted by atomic mass is 9.62. The standard InChI is InChI=1S/C15H24O/c1-10-4-6-13-11(2)5-7-14(12(3)9-16)15(13)8-10/h8,12-16H,2,4-7,9H2,1,3H3. The fourth-order valence-electron chi connectivity index (χ4n) is 3.53. The van der Waals surface area contributed by atoms with Crippen LogP contribution in [0, 0.1) is 23.7 Å². The monoisotopic (exact) mass is 220 g/mol. The molecule has 0 aromatic carbocycles. The van der Waals surface area contributed by atoms with Crippen LogP contribution in [0.3, 0.4) is 0 Å². The van der Waals surface area contributed by atoms with E-state index in [2.05, 4.69) is 26.5 Å². The maximum atomic E-state index is 9.37. The molecule has 0 saturated heterocycles. The van der Waals surface area contributed by atoms with Crippen LogP contribution < -0.4 is 0 Å². The van der Waals surface area contributed by atoms with E-state index in [1.165, 1.54) is 36.8 Å². The molecule has 90 valence electrons. The normalized spacial score (nSPS) is 36.6. The third kappa shape index (κ3) is 2.10. The third-order valence-corrected chi connectivity index (χ3v) is 4.63. The van der Waals surface area contributed by atoms with Crippen molar-refractivity contribution in [2.24, 2.45) is 23.7 Å². The van der Waals surface area contributed by atoms with Gasteiger partial charge in [-0.1, -0.05) is 30.7 Å². The van der Waals surface area contributed by atoms with E-state index >= 15 is 0 Å². The molecule has 0 amide bonds. The van der Waals surface area contributed by atoms with Crippen LogP contribution in [-0.2, 0) is 0 Å². The van der Waals surface area contributed by atoms with Gasteiger partial charge >= 0.3 is 0 Å². The van der Waals surface area contributed by atoms with E-state index < -0.39 is 0 Å². The molecule has 1 saturated carbocycles. The van der Waals surface area contributed by atoms with Crippen LogP contribution in [0.4, 0.5) is 0 Å². The molecule has 1 N–H and O–H groups in total. The lowest BCUT2D eigenvalue weighted by Gasteiger charge is -2.43. The Morgan fingerprint density at radius 1 is 1.44 bits per heavy atom. The number of aliphatic hydroxyl groups is 1. The minimum Gasteiger partial charge on any atom is -0.396 e. The van der Waals surface area contributed by atoms with Gasteiger partial charge in [-0.2, -0.15) is 0 Å². The van der Waals surface area contributed by atoms with Gasteiger partial charge in [-0.15, -0.1) is 0 Å². The van der Waals surface area contributed by atoms with Crippen molar-refractivity contribution in [3.63, 3.8) is 0 Å². The summed E-state index contributed by atoms with van der Waals surface area (Å²) in [7, 11) is 0. The highest BCUT2D eigenvalue weighted by molar-refractivity contribution is 5.19. The average Bonchev–Trinajstić information content (AvgIpc) is 2.28. The van der Waals surface area contributed by atoms with Crippen molar-refractivity contribution in [2.75, 3.05) is 6.61 Å². The number of rotatable bonds is 2. The van der Waals surface area contributed by atoms with Gasteiger partial charge in [0.2, 0.25) is 0 Å². The van der Waals surface area contributed by atoms with Crippen LogP contribution >= 0.6 is 0 Å². The molecular formula is C15H24O. The first-order valence-electron chi connectivity index (χ1n) is 6.59. The number of hydrogen-bond acceptors (Lipinski definition) is 1. The van der Waals surface area contributed by atoms with Gasteiger partial charge in [0, 0.05) is 6.61 Å². The quantitative estimate of drug-likeness (QED) is 0.706. The molecule has 1 fully saturated rings. The Labute approximate surface area is 99.3 Å². The Bertz CT molecular complexity index is 303. The molecule has 1 nitrogen and oxygen atoms in total. The van der Waals surface area contributed by atoms with Crippen molar-refractivity contribution in [2.45, 2.75) is 39.5 Å². The highest BCUT2D eigenvalue weighted by Gasteiger charge is 2.37. The Balaban J connectivity index is 2.22. The van der Waals surface area contributed by atoms with Crippen LogP contribution in [-0.4, -0.2) is 11.7 Å². The van der Waals surface area contributed by atoms with Gasteiger partial charge in [0.25, 0.3) is 0 Å². The molecule has 2 aliphatic rings. The largest absolute Gasteiger partial charge is 0.396 e. The lowest BCUT2D eigenvalue weighted by Crippen LogP contribution is -2.35. The molecule has 0 aliphatic heterocycles. The van der Waals surface area contributed by atoms with Crippen LogP contribution in [0.2, 0.25) is 0 Å². The second-order valence-electron chi connectivity index (χ2n) is 5.76. The third-order valence-electron chi connectivity index (χ3n) is 4.63. The van der Waals surface area contributed by atoms with Crippen molar-refractivity contribution < 1.29 is 5.11 Å². The van der Waals surface area contributed by atoms with E-state index in [9.17, 15) is 5.11 Å². The average molecular weight is 220 g/mol. The molecule has 0 spiro atoms. The molecule has 0 bridgehead atoms. The minimum absolute atomic E-state index is 0.327. The number of hydrogen-bond donors (Lipinski definition) is 1. The van der Waals surface area contributed by atoms with Gasteiger partial charge in [0.1, 0.15) is 0 Å². The zero-order valence-corrected chi connectivity index (χ0v) is 10.6. The number of allylic oxidation sites excluding steroid dienone is 3. The van der Waals surface area contributed by atoms with E-state index in [4.69, 9.17) is 0 Å². The zero-order valence-electron chi connectivity index (χ0n) is 10.6. The first-order valence-corrected chi connectivity index (χ1v) is 6.59. The van der Waals surface area contributed by atoms with Gasteiger partial charge in [0.15, 0.2) is 0 Å². The number of fused-ring (bicyclic) bond motifs is 1. The van der Waals surface area contributed by atoms with Gasteiger partial charge < -0.3 is 5.11 Å². The molecular weight excluding hydrogens is 196 g/mol.